The van der Waals surface area contributed by atoms with Gasteiger partial charge in [-0.3, -0.25) is 0 Å². The van der Waals surface area contributed by atoms with Crippen molar-refractivity contribution in [3.8, 4) is 0 Å². The molecule has 0 fully saturated rings. The predicted octanol–water partition coefficient (Wildman–Crippen LogP) is 3.55. The summed E-state index contributed by atoms with van der Waals surface area (Å²) in [6.45, 7) is 0.681. The second-order valence-electron chi connectivity index (χ2n) is 4.44. The van der Waals surface area contributed by atoms with E-state index in [1.165, 1.54) is 0 Å². The number of hydrogen-bond donors (Lipinski definition) is 2. The highest BCUT2D eigenvalue weighted by atomic mass is 79.9. The molecule has 0 aliphatic rings. The Morgan fingerprint density at radius 1 is 1.15 bits per heavy atom. The van der Waals surface area contributed by atoms with Crippen molar-refractivity contribution >= 4 is 15.9 Å². The average Bonchev–Trinajstić information content (AvgIpc) is 2.41. The van der Waals surface area contributed by atoms with Crippen LogP contribution < -0.4 is 5.32 Å². The van der Waals surface area contributed by atoms with Crippen molar-refractivity contribution in [1.29, 1.82) is 0 Å². The molecule has 0 bridgehead atoms. The first-order valence-electron chi connectivity index (χ1n) is 6.14. The number of benzene rings is 2. The van der Waals surface area contributed by atoms with Gasteiger partial charge >= 0.3 is 0 Å². The first-order chi connectivity index (χ1) is 9.56. The van der Waals surface area contributed by atoms with E-state index in [0.29, 0.717) is 6.54 Å². The fourth-order valence-corrected chi connectivity index (χ4v) is 2.33. The fraction of sp³-hybridized carbons (Fsp3) is 0.200. The summed E-state index contributed by atoms with van der Waals surface area (Å²) in [5.74, 6) is -1.17. The minimum absolute atomic E-state index is 0.0354. The van der Waals surface area contributed by atoms with Crippen LogP contribution in [-0.4, -0.2) is 11.7 Å². The van der Waals surface area contributed by atoms with Gasteiger partial charge in [-0.05, 0) is 35.9 Å². The number of rotatable bonds is 5. The van der Waals surface area contributed by atoms with Crippen LogP contribution in [0, 0.1) is 11.6 Å². The molecule has 0 radical (unpaired) electrons. The first kappa shape index (κ1) is 15.1. The zero-order valence-electron chi connectivity index (χ0n) is 10.6. The zero-order chi connectivity index (χ0) is 14.5. The lowest BCUT2D eigenvalue weighted by molar-refractivity contribution is 0.169. The quantitative estimate of drug-likeness (QED) is 0.871. The van der Waals surface area contributed by atoms with Gasteiger partial charge in [0.25, 0.3) is 0 Å². The molecule has 20 heavy (non-hydrogen) atoms. The molecule has 0 aliphatic carbocycles. The van der Waals surface area contributed by atoms with Crippen LogP contribution in [0.4, 0.5) is 8.78 Å². The highest BCUT2D eigenvalue weighted by molar-refractivity contribution is 9.10. The highest BCUT2D eigenvalue weighted by Gasteiger charge is 2.13. The van der Waals surface area contributed by atoms with E-state index < -0.39 is 17.7 Å². The molecule has 0 aliphatic heterocycles. The number of hydrogen-bond acceptors (Lipinski definition) is 2. The molecule has 0 spiro atoms. The van der Waals surface area contributed by atoms with Crippen LogP contribution in [0.5, 0.6) is 0 Å². The summed E-state index contributed by atoms with van der Waals surface area (Å²) >= 11 is 3.37. The van der Waals surface area contributed by atoms with Crippen molar-refractivity contribution < 1.29 is 13.9 Å². The van der Waals surface area contributed by atoms with Crippen molar-refractivity contribution in [2.24, 2.45) is 0 Å². The van der Waals surface area contributed by atoms with Crippen molar-refractivity contribution in [2.45, 2.75) is 12.6 Å². The summed E-state index contributed by atoms with van der Waals surface area (Å²) in [6, 6.07) is 10.8. The van der Waals surface area contributed by atoms with Crippen LogP contribution in [0.2, 0.25) is 0 Å². The maximum Gasteiger partial charge on any atom is 0.129 e. The van der Waals surface area contributed by atoms with Crippen LogP contribution >= 0.6 is 15.9 Å². The molecule has 106 valence electrons. The smallest absolute Gasteiger partial charge is 0.129 e. The molecule has 2 aromatic carbocycles. The van der Waals surface area contributed by atoms with E-state index in [4.69, 9.17) is 0 Å². The van der Waals surface area contributed by atoms with E-state index in [1.54, 1.807) is 0 Å². The lowest BCUT2D eigenvalue weighted by Crippen LogP contribution is -2.21. The van der Waals surface area contributed by atoms with E-state index in [-0.39, 0.29) is 12.1 Å². The minimum Gasteiger partial charge on any atom is -0.387 e. The molecule has 2 nitrogen and oxygen atoms in total. The molecule has 2 rings (SSSR count). The van der Waals surface area contributed by atoms with E-state index in [9.17, 15) is 13.9 Å². The van der Waals surface area contributed by atoms with Gasteiger partial charge in [-0.25, -0.2) is 8.78 Å². The van der Waals surface area contributed by atoms with Crippen LogP contribution in [0.15, 0.2) is 46.9 Å². The standard InChI is InChI=1S/C15H14BrF2NO/c16-11-3-1-2-10(6-11)8-19-9-15(20)13-7-12(17)4-5-14(13)18/h1-7,15,19-20H,8-9H2. The van der Waals surface area contributed by atoms with Gasteiger partial charge in [-0.1, -0.05) is 28.1 Å². The monoisotopic (exact) mass is 341 g/mol. The second-order valence-corrected chi connectivity index (χ2v) is 5.36. The van der Waals surface area contributed by atoms with Crippen molar-refractivity contribution in [3.05, 3.63) is 69.7 Å². The summed E-state index contributed by atoms with van der Waals surface area (Å²) in [5.41, 5.74) is 0.998. The van der Waals surface area contributed by atoms with Gasteiger partial charge in [0, 0.05) is 23.1 Å². The van der Waals surface area contributed by atoms with E-state index in [2.05, 4.69) is 21.2 Å². The predicted molar refractivity (Wildman–Crippen MR) is 77.2 cm³/mol. The Morgan fingerprint density at radius 3 is 2.70 bits per heavy atom. The van der Waals surface area contributed by atoms with Crippen molar-refractivity contribution in [3.63, 3.8) is 0 Å². The van der Waals surface area contributed by atoms with Crippen LogP contribution in [0.25, 0.3) is 0 Å². The van der Waals surface area contributed by atoms with Gasteiger partial charge in [-0.15, -0.1) is 0 Å². The Hall–Kier alpha value is -1.30. The minimum atomic E-state index is -1.09. The third-order valence-corrected chi connectivity index (χ3v) is 3.37. The molecule has 0 saturated heterocycles. The van der Waals surface area contributed by atoms with E-state index in [1.807, 2.05) is 24.3 Å². The largest absolute Gasteiger partial charge is 0.387 e. The van der Waals surface area contributed by atoms with E-state index >= 15 is 0 Å². The molecule has 0 aromatic heterocycles. The van der Waals surface area contributed by atoms with Gasteiger partial charge in [-0.2, -0.15) is 0 Å². The molecule has 2 N–H and O–H groups in total. The molecular weight excluding hydrogens is 328 g/mol. The Bertz CT molecular complexity index is 592. The SMILES string of the molecule is OC(CNCc1cccc(Br)c1)c1cc(F)ccc1F. The molecule has 0 heterocycles. The fourth-order valence-electron chi connectivity index (χ4n) is 1.88. The van der Waals surface area contributed by atoms with Gasteiger partial charge < -0.3 is 10.4 Å². The lowest BCUT2D eigenvalue weighted by atomic mass is 10.1. The summed E-state index contributed by atoms with van der Waals surface area (Å²) in [6.07, 6.45) is -1.09. The van der Waals surface area contributed by atoms with Gasteiger partial charge in [0.15, 0.2) is 0 Å². The summed E-state index contributed by atoms with van der Waals surface area (Å²) in [4.78, 5) is 0. The first-order valence-corrected chi connectivity index (χ1v) is 6.94. The maximum atomic E-state index is 13.5. The molecule has 0 saturated carbocycles. The average molecular weight is 342 g/mol. The van der Waals surface area contributed by atoms with Gasteiger partial charge in [0.2, 0.25) is 0 Å². The van der Waals surface area contributed by atoms with Gasteiger partial charge in [0.05, 0.1) is 6.10 Å². The molecule has 1 unspecified atom stereocenters. The van der Waals surface area contributed by atoms with Crippen molar-refractivity contribution in [1.82, 2.24) is 5.32 Å². The Morgan fingerprint density at radius 2 is 1.95 bits per heavy atom. The Balaban J connectivity index is 1.92. The topological polar surface area (TPSA) is 32.3 Å². The molecule has 1 atom stereocenters. The number of aliphatic hydroxyl groups is 1. The van der Waals surface area contributed by atoms with E-state index in [0.717, 1.165) is 28.2 Å². The van der Waals surface area contributed by atoms with Crippen LogP contribution in [0.3, 0.4) is 0 Å². The third-order valence-electron chi connectivity index (χ3n) is 2.87. The zero-order valence-corrected chi connectivity index (χ0v) is 12.2. The highest BCUT2D eigenvalue weighted by Crippen LogP contribution is 2.18. The molecule has 0 amide bonds. The lowest BCUT2D eigenvalue weighted by Gasteiger charge is -2.13. The molecule has 5 heteroatoms. The summed E-state index contributed by atoms with van der Waals surface area (Å²) < 4.78 is 27.5. The normalized spacial score (nSPS) is 12.4. The van der Waals surface area contributed by atoms with Crippen LogP contribution in [-0.2, 0) is 6.54 Å². The number of nitrogens with one attached hydrogen (secondary N) is 1. The maximum absolute atomic E-state index is 13.5. The summed E-state index contributed by atoms with van der Waals surface area (Å²) in [5, 5.41) is 12.9. The number of aliphatic hydroxyl groups excluding tert-OH is 1. The third kappa shape index (κ3) is 4.10. The molecule has 2 aromatic rings. The molecular formula is C15H14BrF2NO. The second kappa shape index (κ2) is 6.92. The summed E-state index contributed by atoms with van der Waals surface area (Å²) in [7, 11) is 0. The Labute approximate surface area is 124 Å². The van der Waals surface area contributed by atoms with Crippen molar-refractivity contribution in [2.75, 3.05) is 6.54 Å². The Kier molecular flexibility index (Phi) is 5.23. The van der Waals surface area contributed by atoms with Crippen LogP contribution in [0.1, 0.15) is 17.2 Å². The van der Waals surface area contributed by atoms with Gasteiger partial charge in [0.1, 0.15) is 11.6 Å². The number of halogens is 3.